The second-order valence-corrected chi connectivity index (χ2v) is 40.5. The summed E-state index contributed by atoms with van der Waals surface area (Å²) in [7, 11) is 11.1. The van der Waals surface area contributed by atoms with Crippen molar-refractivity contribution in [3.05, 3.63) is 73.8 Å². The van der Waals surface area contributed by atoms with Gasteiger partial charge in [-0.05, 0) is 304 Å². The number of aryl methyl sites for hydroxylation is 1. The van der Waals surface area contributed by atoms with E-state index in [0.717, 1.165) is 134 Å². The van der Waals surface area contributed by atoms with Crippen LogP contribution in [-0.2, 0) is 31.9 Å². The molecule has 1 aromatic carbocycles. The third-order valence-corrected chi connectivity index (χ3v) is 22.2. The number of nitrogens with zero attached hydrogens (tertiary/aromatic N) is 7. The Morgan fingerprint density at radius 1 is 0.679 bits per heavy atom. The van der Waals surface area contributed by atoms with Crippen molar-refractivity contribution in [3.63, 3.8) is 0 Å². The topological polar surface area (TPSA) is 456 Å². The molecule has 17 N–H and O–H groups in total. The van der Waals surface area contributed by atoms with Gasteiger partial charge in [-0.3, -0.25) is 19.3 Å². The Labute approximate surface area is 818 Å². The SMILES string of the molecule is C.C.C.C.CC(C)(C)OC(=O)N[C@H]1CCCC[C@H]1CO.CC(C)CN.CC(C)CNC[C@@H]1CCCC[C@@H]1N.CC(C)CNC[C@@H]1CCCC[C@@H]1NC(=O)OC(C)(C)C.CCP.CCP.CN[C@@H](C)CCCN.C[C@@H](CCCN=[N+]=[N-])N(C)C(=O)OC(C)(C)C.C[C@H]1CCCN2C(=O)c3c(O)c(=O)c(C(=O)CCc4ccc(F)cc4)cn3CC2N1C.N[C@H]1CCCC[C@H]1CO.O=BC#CO. The van der Waals surface area contributed by atoms with E-state index in [9.17, 15) is 43.4 Å². The van der Waals surface area contributed by atoms with Crippen molar-refractivity contribution in [3.8, 4) is 17.7 Å². The van der Waals surface area contributed by atoms with Crippen molar-refractivity contribution in [1.29, 1.82) is 0 Å². The van der Waals surface area contributed by atoms with Gasteiger partial charge in [0.15, 0.2) is 17.2 Å². The number of nitrogens with two attached hydrogens (primary N) is 4. The normalized spacial score (nSPS) is 20.1. The monoisotopic (exact) mass is 1940 g/mol. The van der Waals surface area contributed by atoms with E-state index in [2.05, 4.69) is 129 Å². The van der Waals surface area contributed by atoms with Crippen LogP contribution in [0.25, 0.3) is 10.4 Å². The van der Waals surface area contributed by atoms with Crippen molar-refractivity contribution in [2.24, 2.45) is 69.5 Å². The number of benzene rings is 1. The second-order valence-electron chi connectivity index (χ2n) is 38.9. The second kappa shape index (κ2) is 81.7. The standard InChI is InChI=1S/C23H26FN3O4.C16H32N2O2.C12H23NO3.C11H22N4O2.C11H24N2.C7H15NO.C6H16N2.C4H11N.C2HBO2.2C2H7P.4CH4/c1-14-4-3-11-27-19(25(14)2)13-26-12-17(21(29)22(30)20(26)23(27)31)18(28)10-7-15-5-8-16(24)9-6-15;1-12(2)10-17-11-13-8-6-7-9-14(13)18-15(19)20-16(3,4)5;1-12(2,3)16-11(15)13-10-7-5-4-6-9(10)8-14;1-9(7-6-8-13-14-12)15(5)10(16)17-11(2,3)4;1-9(2)7-13-8-10-5-3-4-6-11(10)12;8-7-4-2-1-3-6(7)5-9;1-6(8-2)4-3-5-7;1-4(2)3-5;4-2-1-3-5;2*1-2-3;;;;/h5-6,8-9,12,14,19,30H,3-4,7,10-11,13H2,1-2H3;12-14,17H,6-11H2,1-5H3,(H,18,19);9-10,14H,4-8H2,1-3H3,(H,13,15);9H,6-8H2,1-5H3;9-11,13H,3-8,12H2,1-2H3;6-7,9H,1-5,8H2;6,8H,3-5,7H2,1-2H3;4H,3,5H2,1-2H3;4H;2*2-3H2,1H3;4*1H4/t14-,19?;13-,14-;9-,10-;9-;10-,11-;6-,7-;6-;;;;;;;;/m0000000......../s1. The summed E-state index contributed by atoms with van der Waals surface area (Å²) in [4.78, 5) is 81.9. The van der Waals surface area contributed by atoms with Crippen molar-refractivity contribution < 1.29 is 67.7 Å². The molecule has 5 fully saturated rings. The zero-order valence-electron chi connectivity index (χ0n) is 84.6. The Morgan fingerprint density at radius 2 is 1.12 bits per heavy atom. The van der Waals surface area contributed by atoms with Crippen LogP contribution in [0, 0.1) is 59.2 Å². The molecule has 8 rings (SSSR count). The number of halogens is 1. The molecule has 3 heterocycles. The molecule has 784 valence electrons. The van der Waals surface area contributed by atoms with E-state index in [1.807, 2.05) is 83.3 Å². The number of carbonyl (C=O) groups is 5. The predicted octanol–water partition coefficient (Wildman–Crippen LogP) is 17.9. The number of hydrogen-bond acceptors (Lipinski definition) is 23. The summed E-state index contributed by atoms with van der Waals surface area (Å²) in [6, 6.07) is 7.84. The molecule has 2 aliphatic heterocycles. The van der Waals surface area contributed by atoms with Gasteiger partial charge >= 0.3 is 47.2 Å². The number of hydrogen-bond donors (Lipinski definition) is 13. The molecule has 30 nitrogen and oxygen atoms in total. The number of rotatable bonds is 26. The van der Waals surface area contributed by atoms with Gasteiger partial charge in [0, 0.05) is 99.1 Å². The van der Waals surface area contributed by atoms with Gasteiger partial charge in [-0.15, -0.1) is 18.5 Å². The maximum absolute atomic E-state index is 13.1. The zero-order valence-corrected chi connectivity index (χ0v) is 86.9. The summed E-state index contributed by atoms with van der Waals surface area (Å²) in [6.45, 7) is 47.9. The number of ether oxygens (including phenoxy) is 3. The van der Waals surface area contributed by atoms with E-state index in [1.54, 1.807) is 39.4 Å². The number of aromatic hydroxyl groups is 1. The summed E-state index contributed by atoms with van der Waals surface area (Å²) < 4.78 is 39.5. The fraction of sp³-hybridized carbons (Fsp3) is 0.820. The van der Waals surface area contributed by atoms with Crippen molar-refractivity contribution in [1.82, 2.24) is 45.9 Å². The predicted molar refractivity (Wildman–Crippen MR) is 563 cm³/mol. The third-order valence-electron chi connectivity index (χ3n) is 22.2. The number of ketones is 1. The molecule has 0 radical (unpaired) electrons. The van der Waals surface area contributed by atoms with E-state index in [4.69, 9.17) is 57.6 Å². The molecule has 34 heteroatoms. The molecule has 4 aliphatic carbocycles. The maximum atomic E-state index is 13.1. The molecule has 14 atom stereocenters. The Morgan fingerprint density at radius 3 is 1.52 bits per heavy atom. The number of amides is 4. The van der Waals surface area contributed by atoms with E-state index in [-0.39, 0.29) is 127 Å². The molecule has 3 unspecified atom stereocenters. The van der Waals surface area contributed by atoms with Gasteiger partial charge < -0.3 is 93.4 Å². The number of pyridine rings is 1. The van der Waals surface area contributed by atoms with Gasteiger partial charge in [-0.25, -0.2) is 18.8 Å². The molecule has 134 heavy (non-hydrogen) atoms. The fourth-order valence-electron chi connectivity index (χ4n) is 14.5. The van der Waals surface area contributed by atoms with E-state index >= 15 is 0 Å². The number of azide groups is 1. The first-order valence-corrected chi connectivity index (χ1v) is 49.7. The van der Waals surface area contributed by atoms with Crippen LogP contribution in [0.3, 0.4) is 0 Å². The van der Waals surface area contributed by atoms with Gasteiger partial charge in [-0.1, -0.05) is 154 Å². The molecular formula is C100H200BFN16O14P2. The summed E-state index contributed by atoms with van der Waals surface area (Å²) >= 11 is 0. The van der Waals surface area contributed by atoms with Crippen LogP contribution < -0.4 is 54.9 Å². The van der Waals surface area contributed by atoms with Crippen LogP contribution in [0.5, 0.6) is 5.75 Å². The number of alkyl carbamates (subject to hydrolysis) is 2. The number of likely N-dealkylation sites (N-methyl/N-ethyl adjacent to an activating group) is 1. The molecule has 0 spiro atoms. The summed E-state index contributed by atoms with van der Waals surface area (Å²) in [5, 5.41) is 55.6. The van der Waals surface area contributed by atoms with E-state index in [0.29, 0.717) is 69.0 Å². The third kappa shape index (κ3) is 68.0. The van der Waals surface area contributed by atoms with Gasteiger partial charge in [0.2, 0.25) is 5.43 Å². The first-order valence-electron chi connectivity index (χ1n) is 48.0. The van der Waals surface area contributed by atoms with Crippen LogP contribution in [0.1, 0.15) is 342 Å². The van der Waals surface area contributed by atoms with Gasteiger partial charge in [0.25, 0.3) is 5.91 Å². The Bertz CT molecular complexity index is 3510. The molecule has 1 saturated heterocycles. The Kier molecular flexibility index (Phi) is 85.8. The van der Waals surface area contributed by atoms with E-state index in [1.165, 1.54) is 101 Å². The Balaban J connectivity index is -0.000000281. The quantitative estimate of drug-likeness (QED) is 0.00479. The van der Waals surface area contributed by atoms with E-state index < -0.39 is 39.7 Å². The van der Waals surface area contributed by atoms with Gasteiger partial charge in [0.05, 0.1) is 12.1 Å². The summed E-state index contributed by atoms with van der Waals surface area (Å²) in [5.41, 5.74) is 28.8. The van der Waals surface area contributed by atoms with Crippen LogP contribution in [0.4, 0.5) is 18.8 Å². The molecule has 2 aromatic rings. The van der Waals surface area contributed by atoms with Crippen LogP contribution in [0.2, 0.25) is 0 Å². The first kappa shape index (κ1) is 141. The molecule has 0 bridgehead atoms. The summed E-state index contributed by atoms with van der Waals surface area (Å²) in [5.74, 6) is 3.79. The molecule has 4 saturated carbocycles. The number of nitrogens with one attached hydrogen (secondary N) is 5. The molecule has 1 aromatic heterocycles. The number of Topliss-reactive ketones (excluding diaryl/α,β-unsaturated/α-hetero) is 1. The minimum atomic E-state index is -0.821. The van der Waals surface area contributed by atoms with Crippen LogP contribution >= 0.6 is 18.5 Å². The number of fused-ring (bicyclic) bond motifs is 2. The van der Waals surface area contributed by atoms with Gasteiger partial charge in [-0.2, -0.15) is 0 Å². The van der Waals surface area contributed by atoms with Gasteiger partial charge in [0.1, 0.15) is 28.8 Å². The number of carbonyl (C=O) groups excluding carboxylic acids is 5. The Hall–Kier alpha value is -6.16. The summed E-state index contributed by atoms with van der Waals surface area (Å²) in [6.07, 6.45) is 28.9. The average molecular weight is 1940 g/mol. The van der Waals surface area contributed by atoms with Crippen LogP contribution in [0.15, 0.2) is 40.4 Å². The number of aliphatic hydroxyl groups excluding tert-OH is 3. The molecular weight excluding hydrogens is 1740 g/mol. The molecule has 4 amide bonds. The first-order chi connectivity index (χ1) is 61.1. The zero-order chi connectivity index (χ0) is 99.7. The number of aromatic nitrogens is 1. The van der Waals surface area contributed by atoms with Crippen LogP contribution in [-0.4, -0.2) is 241 Å². The van der Waals surface area contributed by atoms with Crippen molar-refractivity contribution in [2.45, 2.75) is 394 Å². The van der Waals surface area contributed by atoms with Crippen molar-refractivity contribution in [2.75, 3.05) is 99.0 Å². The fourth-order valence-corrected chi connectivity index (χ4v) is 14.5. The average Bonchev–Trinajstić information content (AvgIpc) is 1.19. The van der Waals surface area contributed by atoms with Crippen molar-refractivity contribution >= 4 is 55.6 Å². The number of aliphatic hydroxyl groups is 3. The minimum absolute atomic E-state index is 0. The molecule has 6 aliphatic rings.